The minimum Gasteiger partial charge on any atom is -0.314 e. The summed E-state index contributed by atoms with van der Waals surface area (Å²) in [5, 5.41) is 5.29. The molecule has 0 fully saturated rings. The maximum Gasteiger partial charge on any atom is 0.279 e. The van der Waals surface area contributed by atoms with Gasteiger partial charge in [0.2, 0.25) is 0 Å². The Morgan fingerprint density at radius 2 is 2.10 bits per heavy atom. The highest BCUT2D eigenvalue weighted by Gasteiger charge is 2.17. The third kappa shape index (κ3) is 6.44. The van der Waals surface area contributed by atoms with Gasteiger partial charge in [0.1, 0.15) is 0 Å². The highest BCUT2D eigenvalue weighted by atomic mass is 32.2. The van der Waals surface area contributed by atoms with Gasteiger partial charge in [0, 0.05) is 31.1 Å². The minimum atomic E-state index is -3.40. The van der Waals surface area contributed by atoms with Crippen LogP contribution in [0.5, 0.6) is 0 Å². The fraction of sp³-hybridized carbons (Fsp3) is 0.714. The van der Waals surface area contributed by atoms with Crippen LogP contribution < -0.4 is 10.0 Å². The lowest BCUT2D eigenvalue weighted by molar-refractivity contribution is 0.439. The Bertz CT molecular complexity index is 512. The predicted octanol–water partition coefficient (Wildman–Crippen LogP) is 1.96. The summed E-state index contributed by atoms with van der Waals surface area (Å²) in [4.78, 5) is 1.09. The molecule has 0 saturated heterocycles. The molecule has 0 aliphatic carbocycles. The Morgan fingerprint density at radius 3 is 2.71 bits per heavy atom. The topological polar surface area (TPSA) is 61.4 Å². The number of hydrogen-bond acceptors (Lipinski definition) is 4. The summed E-state index contributed by atoms with van der Waals surface area (Å²) >= 11 is 1.60. The SMILES string of the molecule is CCc1ccsc1CNS(=O)(=O)N(C)CCCNC(C)C. The summed E-state index contributed by atoms with van der Waals surface area (Å²) in [6.07, 6.45) is 1.73. The van der Waals surface area contributed by atoms with Crippen molar-refractivity contribution in [3.63, 3.8) is 0 Å². The van der Waals surface area contributed by atoms with E-state index in [0.717, 1.165) is 24.3 Å². The number of nitrogens with zero attached hydrogens (tertiary/aromatic N) is 1. The van der Waals surface area contributed by atoms with E-state index in [2.05, 4.69) is 36.9 Å². The van der Waals surface area contributed by atoms with Crippen molar-refractivity contribution in [2.24, 2.45) is 0 Å². The van der Waals surface area contributed by atoms with Gasteiger partial charge in [-0.15, -0.1) is 11.3 Å². The summed E-state index contributed by atoms with van der Waals surface area (Å²) in [7, 11) is -1.78. The molecule has 0 bridgehead atoms. The van der Waals surface area contributed by atoms with Crippen LogP contribution in [0.1, 0.15) is 37.6 Å². The molecular weight excluding hydrogens is 306 g/mol. The molecule has 0 saturated carbocycles. The number of hydrogen-bond donors (Lipinski definition) is 2. The molecule has 5 nitrogen and oxygen atoms in total. The fourth-order valence-electron chi connectivity index (χ4n) is 1.92. The van der Waals surface area contributed by atoms with Gasteiger partial charge in [-0.3, -0.25) is 0 Å². The third-order valence-corrected chi connectivity index (χ3v) is 5.72. The van der Waals surface area contributed by atoms with Gasteiger partial charge in [-0.2, -0.15) is 17.4 Å². The minimum absolute atomic E-state index is 0.373. The van der Waals surface area contributed by atoms with E-state index in [4.69, 9.17) is 0 Å². The van der Waals surface area contributed by atoms with Crippen molar-refractivity contribution in [3.05, 3.63) is 21.9 Å². The number of nitrogens with one attached hydrogen (secondary N) is 2. The van der Waals surface area contributed by atoms with Gasteiger partial charge in [-0.25, -0.2) is 0 Å². The van der Waals surface area contributed by atoms with Crippen LogP contribution in [0.4, 0.5) is 0 Å². The molecule has 1 aromatic rings. The summed E-state index contributed by atoms with van der Waals surface area (Å²) < 4.78 is 28.4. The van der Waals surface area contributed by atoms with Crippen molar-refractivity contribution in [2.45, 2.75) is 46.2 Å². The first-order valence-corrected chi connectivity index (χ1v) is 9.68. The average molecular weight is 334 g/mol. The lowest BCUT2D eigenvalue weighted by atomic mass is 10.2. The molecule has 0 aliphatic rings. The summed E-state index contributed by atoms with van der Waals surface area (Å²) in [6, 6.07) is 2.48. The molecule has 0 unspecified atom stereocenters. The molecule has 0 aromatic carbocycles. The second-order valence-corrected chi connectivity index (χ2v) is 8.20. The van der Waals surface area contributed by atoms with E-state index in [1.54, 1.807) is 18.4 Å². The van der Waals surface area contributed by atoms with Gasteiger partial charge in [-0.1, -0.05) is 20.8 Å². The highest BCUT2D eigenvalue weighted by molar-refractivity contribution is 7.87. The first-order chi connectivity index (χ1) is 9.86. The molecule has 1 heterocycles. The monoisotopic (exact) mass is 333 g/mol. The Morgan fingerprint density at radius 1 is 1.38 bits per heavy atom. The maximum atomic E-state index is 12.2. The van der Waals surface area contributed by atoms with Gasteiger partial charge >= 0.3 is 0 Å². The van der Waals surface area contributed by atoms with Crippen LogP contribution in [0.25, 0.3) is 0 Å². The second-order valence-electron chi connectivity index (χ2n) is 5.33. The van der Waals surface area contributed by atoms with E-state index in [-0.39, 0.29) is 0 Å². The van der Waals surface area contributed by atoms with Gasteiger partial charge in [0.25, 0.3) is 10.2 Å². The Labute approximate surface area is 132 Å². The zero-order valence-corrected chi connectivity index (χ0v) is 15.0. The predicted molar refractivity (Wildman–Crippen MR) is 89.8 cm³/mol. The quantitative estimate of drug-likeness (QED) is 0.644. The van der Waals surface area contributed by atoms with Crippen LogP contribution in [-0.4, -0.2) is 38.9 Å². The summed E-state index contributed by atoms with van der Waals surface area (Å²) in [6.45, 7) is 7.94. The zero-order valence-electron chi connectivity index (χ0n) is 13.3. The van der Waals surface area contributed by atoms with Crippen LogP contribution >= 0.6 is 11.3 Å². The Kier molecular flexibility index (Phi) is 7.83. The lowest BCUT2D eigenvalue weighted by Gasteiger charge is -2.18. The molecule has 0 atom stereocenters. The van der Waals surface area contributed by atoms with Crippen molar-refractivity contribution >= 4 is 21.5 Å². The standard InChI is InChI=1S/C14H27N3O2S2/c1-5-13-7-10-20-14(13)11-16-21(18,19)17(4)9-6-8-15-12(2)3/h7,10,12,15-16H,5-6,8-9,11H2,1-4H3. The maximum absolute atomic E-state index is 12.2. The molecule has 21 heavy (non-hydrogen) atoms. The first-order valence-electron chi connectivity index (χ1n) is 7.36. The van der Waals surface area contributed by atoms with Crippen molar-refractivity contribution < 1.29 is 8.42 Å². The molecule has 0 aliphatic heterocycles. The fourth-order valence-corrected chi connectivity index (χ4v) is 3.84. The highest BCUT2D eigenvalue weighted by Crippen LogP contribution is 2.17. The van der Waals surface area contributed by atoms with Gasteiger partial charge in [0.15, 0.2) is 0 Å². The van der Waals surface area contributed by atoms with Crippen molar-refractivity contribution in [1.29, 1.82) is 0 Å². The van der Waals surface area contributed by atoms with Crippen LogP contribution in [0, 0.1) is 0 Å². The summed E-state index contributed by atoms with van der Waals surface area (Å²) in [5.74, 6) is 0. The molecule has 2 N–H and O–H groups in total. The normalized spacial score (nSPS) is 12.5. The zero-order chi connectivity index (χ0) is 15.9. The number of aryl methyl sites for hydroxylation is 1. The van der Waals surface area contributed by atoms with E-state index in [9.17, 15) is 8.42 Å². The molecular formula is C14H27N3O2S2. The number of thiophene rings is 1. The molecule has 122 valence electrons. The third-order valence-electron chi connectivity index (χ3n) is 3.25. The van der Waals surface area contributed by atoms with Gasteiger partial charge in [-0.05, 0) is 36.4 Å². The molecule has 0 radical (unpaired) electrons. The van der Waals surface area contributed by atoms with Crippen molar-refractivity contribution in [2.75, 3.05) is 20.1 Å². The molecule has 1 rings (SSSR count). The van der Waals surface area contributed by atoms with Crippen LogP contribution in [0.3, 0.4) is 0 Å². The molecule has 7 heteroatoms. The molecule has 0 spiro atoms. The van der Waals surface area contributed by atoms with Gasteiger partial charge < -0.3 is 5.32 Å². The Balaban J connectivity index is 2.41. The van der Waals surface area contributed by atoms with E-state index in [0.29, 0.717) is 19.1 Å². The van der Waals surface area contributed by atoms with Crippen LogP contribution in [-0.2, 0) is 23.2 Å². The number of rotatable bonds is 10. The van der Waals surface area contributed by atoms with Crippen LogP contribution in [0.2, 0.25) is 0 Å². The smallest absolute Gasteiger partial charge is 0.279 e. The summed E-state index contributed by atoms with van der Waals surface area (Å²) in [5.41, 5.74) is 1.21. The van der Waals surface area contributed by atoms with Crippen molar-refractivity contribution in [1.82, 2.24) is 14.3 Å². The Hall–Kier alpha value is -0.470. The molecule has 0 amide bonds. The second kappa shape index (κ2) is 8.85. The first kappa shape index (κ1) is 18.6. The van der Waals surface area contributed by atoms with Crippen molar-refractivity contribution in [3.8, 4) is 0 Å². The van der Waals surface area contributed by atoms with E-state index in [1.807, 2.05) is 5.38 Å². The van der Waals surface area contributed by atoms with E-state index < -0.39 is 10.2 Å². The van der Waals surface area contributed by atoms with Crippen LogP contribution in [0.15, 0.2) is 11.4 Å². The lowest BCUT2D eigenvalue weighted by Crippen LogP contribution is -2.39. The van der Waals surface area contributed by atoms with E-state index in [1.165, 1.54) is 9.87 Å². The van der Waals surface area contributed by atoms with Gasteiger partial charge in [0.05, 0.1) is 0 Å². The average Bonchev–Trinajstić information content (AvgIpc) is 2.88. The largest absolute Gasteiger partial charge is 0.314 e. The van der Waals surface area contributed by atoms with E-state index >= 15 is 0 Å². The molecule has 1 aromatic heterocycles.